The largest absolute Gasteiger partial charge is 0.366 e. The molecule has 1 saturated heterocycles. The van der Waals surface area contributed by atoms with Gasteiger partial charge in [0.2, 0.25) is 11.8 Å². The Hall–Kier alpha value is -3.71. The molecule has 1 aromatic carbocycles. The molecule has 35 heavy (non-hydrogen) atoms. The number of primary amides is 1. The highest BCUT2D eigenvalue weighted by Gasteiger charge is 2.28. The van der Waals surface area contributed by atoms with Crippen LogP contribution in [-0.4, -0.2) is 65.1 Å². The van der Waals surface area contributed by atoms with Gasteiger partial charge in [-0.05, 0) is 35.8 Å². The Kier molecular flexibility index (Phi) is 7.46. The van der Waals surface area contributed by atoms with Crippen molar-refractivity contribution in [2.75, 3.05) is 32.7 Å². The SMILES string of the molecule is C=CC(C)CN1CC(=O)N(Cc2ccc(C(=O)N3CC=CC3)cc2)C2=CC(C(N)=O)=CC=C(C2)C1. The Bertz CT molecular complexity index is 1140. The number of amides is 3. The Labute approximate surface area is 206 Å². The summed E-state index contributed by atoms with van der Waals surface area (Å²) >= 11 is 0. The molecule has 1 atom stereocenters. The number of carbonyl (C=O) groups is 3. The van der Waals surface area contributed by atoms with Crippen LogP contribution >= 0.6 is 0 Å². The van der Waals surface area contributed by atoms with E-state index < -0.39 is 5.91 Å². The first kappa shape index (κ1) is 24.4. The zero-order valence-electron chi connectivity index (χ0n) is 20.2. The standard InChI is InChI=1S/C28H32N4O3/c1-3-20(2)16-30-17-22-8-11-24(27(29)34)15-25(14-22)32(26(33)19-30)18-21-6-9-23(10-7-21)28(35)31-12-4-5-13-31/h3-11,15,20H,1,12-14,16-19H2,2H3,(H2,29,34). The molecule has 7 nitrogen and oxygen atoms in total. The minimum atomic E-state index is -0.525. The lowest BCUT2D eigenvalue weighted by Gasteiger charge is -2.34. The molecule has 0 aromatic heterocycles. The molecule has 182 valence electrons. The number of fused-ring (bicyclic) bond motifs is 2. The van der Waals surface area contributed by atoms with Gasteiger partial charge in [0.1, 0.15) is 0 Å². The van der Waals surface area contributed by atoms with Gasteiger partial charge >= 0.3 is 0 Å². The van der Waals surface area contributed by atoms with Crippen molar-refractivity contribution in [3.8, 4) is 0 Å². The maximum absolute atomic E-state index is 13.5. The highest BCUT2D eigenvalue weighted by molar-refractivity contribution is 5.96. The van der Waals surface area contributed by atoms with Crippen LogP contribution in [0.5, 0.6) is 0 Å². The summed E-state index contributed by atoms with van der Waals surface area (Å²) in [5.41, 5.74) is 9.36. The summed E-state index contributed by atoms with van der Waals surface area (Å²) in [5.74, 6) is -0.332. The highest BCUT2D eigenvalue weighted by Crippen LogP contribution is 2.27. The van der Waals surface area contributed by atoms with Crippen LogP contribution in [0.2, 0.25) is 0 Å². The van der Waals surface area contributed by atoms with E-state index in [-0.39, 0.29) is 24.3 Å². The van der Waals surface area contributed by atoms with Gasteiger partial charge in [0.15, 0.2) is 0 Å². The third-order valence-electron chi connectivity index (χ3n) is 6.54. The molecular weight excluding hydrogens is 440 g/mol. The second-order valence-electron chi connectivity index (χ2n) is 9.36. The molecule has 2 heterocycles. The van der Waals surface area contributed by atoms with E-state index in [4.69, 9.17) is 5.73 Å². The maximum atomic E-state index is 13.5. The molecule has 1 unspecified atom stereocenters. The fraction of sp³-hybridized carbons (Fsp3) is 0.321. The molecule has 2 N–H and O–H groups in total. The fourth-order valence-electron chi connectivity index (χ4n) is 4.56. The predicted octanol–water partition coefficient (Wildman–Crippen LogP) is 2.79. The van der Waals surface area contributed by atoms with Crippen LogP contribution in [0.15, 0.2) is 84.1 Å². The number of nitrogens with two attached hydrogens (primary N) is 1. The van der Waals surface area contributed by atoms with Crippen LogP contribution in [0.4, 0.5) is 0 Å². The summed E-state index contributed by atoms with van der Waals surface area (Å²) in [6.45, 7) is 9.16. The Morgan fingerprint density at radius 2 is 1.83 bits per heavy atom. The van der Waals surface area contributed by atoms with Gasteiger partial charge in [-0.1, -0.05) is 48.9 Å². The molecule has 0 saturated carbocycles. The summed E-state index contributed by atoms with van der Waals surface area (Å²) in [6, 6.07) is 7.40. The fourth-order valence-corrected chi connectivity index (χ4v) is 4.56. The topological polar surface area (TPSA) is 87.0 Å². The first-order chi connectivity index (χ1) is 16.8. The summed E-state index contributed by atoms with van der Waals surface area (Å²) in [6.07, 6.45) is 11.8. The number of nitrogens with zero attached hydrogens (tertiary/aromatic N) is 3. The number of rotatable bonds is 7. The van der Waals surface area contributed by atoms with Gasteiger partial charge in [0, 0.05) is 49.4 Å². The lowest BCUT2D eigenvalue weighted by molar-refractivity contribution is -0.131. The van der Waals surface area contributed by atoms with E-state index in [1.807, 2.05) is 48.6 Å². The average molecular weight is 473 g/mol. The molecule has 0 spiro atoms. The maximum Gasteiger partial charge on any atom is 0.254 e. The zero-order chi connectivity index (χ0) is 24.9. The van der Waals surface area contributed by atoms with Crippen molar-refractivity contribution in [3.05, 3.63) is 95.3 Å². The van der Waals surface area contributed by atoms with Crippen LogP contribution < -0.4 is 5.73 Å². The van der Waals surface area contributed by atoms with Crippen LogP contribution in [0.3, 0.4) is 0 Å². The van der Waals surface area contributed by atoms with Crippen molar-refractivity contribution in [2.45, 2.75) is 19.9 Å². The number of benzene rings is 1. The van der Waals surface area contributed by atoms with E-state index in [9.17, 15) is 14.4 Å². The Morgan fingerprint density at radius 3 is 2.49 bits per heavy atom. The third kappa shape index (κ3) is 5.87. The summed E-state index contributed by atoms with van der Waals surface area (Å²) in [5, 5.41) is 0. The molecule has 2 aliphatic heterocycles. The van der Waals surface area contributed by atoms with Crippen LogP contribution in [0.1, 0.15) is 29.3 Å². The molecule has 0 radical (unpaired) electrons. The molecule has 1 aromatic rings. The number of hydrogen-bond donors (Lipinski definition) is 1. The van der Waals surface area contributed by atoms with Crippen molar-refractivity contribution in [2.24, 2.45) is 11.7 Å². The van der Waals surface area contributed by atoms with Gasteiger partial charge < -0.3 is 15.5 Å². The first-order valence-corrected chi connectivity index (χ1v) is 11.9. The highest BCUT2D eigenvalue weighted by atomic mass is 16.2. The van der Waals surface area contributed by atoms with Gasteiger partial charge in [-0.15, -0.1) is 6.58 Å². The average Bonchev–Trinajstić information content (AvgIpc) is 3.29. The third-order valence-corrected chi connectivity index (χ3v) is 6.54. The van der Waals surface area contributed by atoms with Crippen molar-refractivity contribution < 1.29 is 14.4 Å². The summed E-state index contributed by atoms with van der Waals surface area (Å²) in [7, 11) is 0. The first-order valence-electron chi connectivity index (χ1n) is 11.9. The Balaban J connectivity index is 1.60. The predicted molar refractivity (Wildman–Crippen MR) is 136 cm³/mol. The molecule has 7 heteroatoms. The van der Waals surface area contributed by atoms with E-state index in [0.29, 0.717) is 50.3 Å². The van der Waals surface area contributed by atoms with Crippen LogP contribution in [-0.2, 0) is 16.1 Å². The smallest absolute Gasteiger partial charge is 0.254 e. The minimum absolute atomic E-state index is 0.00615. The second kappa shape index (κ2) is 10.7. The van der Waals surface area contributed by atoms with Crippen LogP contribution in [0, 0.1) is 5.92 Å². The molecule has 3 aliphatic rings. The van der Waals surface area contributed by atoms with Gasteiger partial charge in [0.05, 0.1) is 13.1 Å². The second-order valence-corrected chi connectivity index (χ2v) is 9.36. The molecular formula is C28H32N4O3. The molecule has 2 bridgehead atoms. The van der Waals surface area contributed by atoms with Crippen molar-refractivity contribution in [1.82, 2.24) is 14.7 Å². The van der Waals surface area contributed by atoms with Crippen molar-refractivity contribution in [3.63, 3.8) is 0 Å². The van der Waals surface area contributed by atoms with Gasteiger partial charge in [-0.3, -0.25) is 19.3 Å². The minimum Gasteiger partial charge on any atom is -0.366 e. The lowest BCUT2D eigenvalue weighted by atomic mass is 10.0. The number of carbonyl (C=O) groups excluding carboxylic acids is 3. The Morgan fingerprint density at radius 1 is 1.11 bits per heavy atom. The monoisotopic (exact) mass is 472 g/mol. The quantitative estimate of drug-likeness (QED) is 0.619. The normalized spacial score (nSPS) is 19.2. The van der Waals surface area contributed by atoms with E-state index in [2.05, 4.69) is 18.4 Å². The van der Waals surface area contributed by atoms with E-state index in [1.54, 1.807) is 22.0 Å². The van der Waals surface area contributed by atoms with Crippen molar-refractivity contribution >= 4 is 17.7 Å². The van der Waals surface area contributed by atoms with Crippen LogP contribution in [0.25, 0.3) is 0 Å². The molecule has 1 aliphatic carbocycles. The molecule has 1 fully saturated rings. The van der Waals surface area contributed by atoms with E-state index in [0.717, 1.165) is 16.8 Å². The van der Waals surface area contributed by atoms with Crippen molar-refractivity contribution in [1.29, 1.82) is 0 Å². The lowest BCUT2D eigenvalue weighted by Crippen LogP contribution is -2.44. The van der Waals surface area contributed by atoms with Gasteiger partial charge in [0.25, 0.3) is 5.91 Å². The summed E-state index contributed by atoms with van der Waals surface area (Å²) in [4.78, 5) is 43.8. The van der Waals surface area contributed by atoms with E-state index >= 15 is 0 Å². The van der Waals surface area contributed by atoms with E-state index in [1.165, 1.54) is 0 Å². The van der Waals surface area contributed by atoms with Gasteiger partial charge in [-0.2, -0.15) is 0 Å². The zero-order valence-corrected chi connectivity index (χ0v) is 20.2. The number of allylic oxidation sites excluding steroid dienone is 3. The van der Waals surface area contributed by atoms with Gasteiger partial charge in [-0.25, -0.2) is 0 Å². The molecule has 4 rings (SSSR count). The number of hydrogen-bond acceptors (Lipinski definition) is 4. The summed E-state index contributed by atoms with van der Waals surface area (Å²) < 4.78 is 0. The molecule has 3 amide bonds.